The van der Waals surface area contributed by atoms with Crippen molar-refractivity contribution in [2.45, 2.75) is 38.3 Å². The van der Waals surface area contributed by atoms with Gasteiger partial charge in [0.25, 0.3) is 0 Å². The highest BCUT2D eigenvalue weighted by Gasteiger charge is 2.24. The second kappa shape index (κ2) is 4.07. The van der Waals surface area contributed by atoms with Crippen LogP contribution in [0.5, 0.6) is 5.75 Å². The second-order valence-corrected chi connectivity index (χ2v) is 5.12. The van der Waals surface area contributed by atoms with Gasteiger partial charge in [0.1, 0.15) is 5.75 Å². The van der Waals surface area contributed by atoms with Gasteiger partial charge in [0.2, 0.25) is 0 Å². The van der Waals surface area contributed by atoms with Gasteiger partial charge in [0.05, 0.1) is 6.61 Å². The summed E-state index contributed by atoms with van der Waals surface area (Å²) in [6.45, 7) is 4.72. The van der Waals surface area contributed by atoms with Crippen LogP contribution in [-0.4, -0.2) is 12.1 Å². The van der Waals surface area contributed by atoms with Crippen molar-refractivity contribution in [3.05, 3.63) is 29.3 Å². The summed E-state index contributed by atoms with van der Waals surface area (Å²) in [7, 11) is 0. The Balaban J connectivity index is 2.30. The molecule has 1 aliphatic heterocycles. The minimum atomic E-state index is -0.399. The van der Waals surface area contributed by atoms with Crippen LogP contribution in [0.25, 0.3) is 0 Å². The van der Waals surface area contributed by atoms with E-state index < -0.39 is 5.54 Å². The molecule has 0 saturated heterocycles. The van der Waals surface area contributed by atoms with Crippen LogP contribution in [0.2, 0.25) is 0 Å². The summed E-state index contributed by atoms with van der Waals surface area (Å²) in [5.41, 5.74) is 14.1. The molecule has 0 aromatic heterocycles. The monoisotopic (exact) mass is 220 g/mol. The Labute approximate surface area is 96.8 Å². The molecule has 0 radical (unpaired) electrons. The normalized spacial score (nSPS) is 17.5. The van der Waals surface area contributed by atoms with Crippen LogP contribution >= 0.6 is 0 Å². The van der Waals surface area contributed by atoms with Gasteiger partial charge < -0.3 is 16.2 Å². The minimum Gasteiger partial charge on any atom is -0.493 e. The van der Waals surface area contributed by atoms with Gasteiger partial charge in [-0.3, -0.25) is 0 Å². The van der Waals surface area contributed by atoms with Crippen LogP contribution in [0.15, 0.2) is 18.2 Å². The van der Waals surface area contributed by atoms with Crippen molar-refractivity contribution in [2.24, 2.45) is 11.5 Å². The molecule has 1 aliphatic rings. The maximum Gasteiger partial charge on any atom is 0.122 e. The quantitative estimate of drug-likeness (QED) is 0.798. The van der Waals surface area contributed by atoms with Crippen molar-refractivity contribution in [1.82, 2.24) is 0 Å². The molecule has 2 rings (SSSR count). The third-order valence-corrected chi connectivity index (χ3v) is 3.09. The molecule has 16 heavy (non-hydrogen) atoms. The summed E-state index contributed by atoms with van der Waals surface area (Å²) in [5.74, 6) is 0.997. The van der Waals surface area contributed by atoms with E-state index in [9.17, 15) is 0 Å². The van der Waals surface area contributed by atoms with E-state index >= 15 is 0 Å². The van der Waals surface area contributed by atoms with Gasteiger partial charge in [0, 0.05) is 11.6 Å². The zero-order valence-electron chi connectivity index (χ0n) is 9.99. The lowest BCUT2D eigenvalue weighted by molar-refractivity contribution is 0.288. The number of rotatable bonds is 2. The molecule has 88 valence electrons. The molecule has 0 fully saturated rings. The fourth-order valence-corrected chi connectivity index (χ4v) is 2.00. The van der Waals surface area contributed by atoms with E-state index in [0.29, 0.717) is 0 Å². The van der Waals surface area contributed by atoms with Crippen molar-refractivity contribution in [1.29, 1.82) is 0 Å². The highest BCUT2D eigenvalue weighted by atomic mass is 16.5. The number of aryl methyl sites for hydroxylation is 1. The summed E-state index contributed by atoms with van der Waals surface area (Å²) in [6, 6.07) is 6.02. The van der Waals surface area contributed by atoms with E-state index in [0.717, 1.165) is 30.8 Å². The molecule has 0 saturated carbocycles. The molecule has 0 spiro atoms. The molecule has 1 unspecified atom stereocenters. The Bertz CT molecular complexity index is 382. The molecule has 1 aromatic rings. The summed E-state index contributed by atoms with van der Waals surface area (Å²) in [5, 5.41) is 0. The summed E-state index contributed by atoms with van der Waals surface area (Å²) < 4.78 is 5.57. The smallest absolute Gasteiger partial charge is 0.122 e. The van der Waals surface area contributed by atoms with E-state index in [-0.39, 0.29) is 6.04 Å². The Morgan fingerprint density at radius 3 is 2.81 bits per heavy atom. The molecular formula is C13H20N2O. The zero-order chi connectivity index (χ0) is 11.8. The molecule has 1 heterocycles. The number of nitrogens with two attached hydrogens (primary N) is 2. The van der Waals surface area contributed by atoms with Crippen LogP contribution in [0.3, 0.4) is 0 Å². The van der Waals surface area contributed by atoms with Gasteiger partial charge in [-0.15, -0.1) is 0 Å². The van der Waals surface area contributed by atoms with Crippen LogP contribution in [0.4, 0.5) is 0 Å². The summed E-state index contributed by atoms with van der Waals surface area (Å²) >= 11 is 0. The van der Waals surface area contributed by atoms with E-state index in [2.05, 4.69) is 6.07 Å². The first-order chi connectivity index (χ1) is 7.48. The maximum absolute atomic E-state index is 6.14. The lowest BCUT2D eigenvalue weighted by Crippen LogP contribution is -2.43. The van der Waals surface area contributed by atoms with Gasteiger partial charge in [-0.05, 0) is 43.9 Å². The van der Waals surface area contributed by atoms with Gasteiger partial charge in [0.15, 0.2) is 0 Å². The lowest BCUT2D eigenvalue weighted by atomic mass is 9.89. The lowest BCUT2D eigenvalue weighted by Gasteiger charge is -2.28. The van der Waals surface area contributed by atoms with Crippen LogP contribution in [0, 0.1) is 0 Å². The average molecular weight is 220 g/mol. The Kier molecular flexibility index (Phi) is 2.91. The zero-order valence-corrected chi connectivity index (χ0v) is 9.99. The third kappa shape index (κ3) is 2.20. The molecule has 1 aromatic carbocycles. The van der Waals surface area contributed by atoms with Crippen molar-refractivity contribution in [3.63, 3.8) is 0 Å². The minimum absolute atomic E-state index is 0.139. The molecule has 0 bridgehead atoms. The second-order valence-electron chi connectivity index (χ2n) is 5.12. The van der Waals surface area contributed by atoms with Crippen molar-refractivity contribution in [3.8, 4) is 5.75 Å². The van der Waals surface area contributed by atoms with Crippen molar-refractivity contribution >= 4 is 0 Å². The largest absolute Gasteiger partial charge is 0.493 e. The SMILES string of the molecule is CC(C)(N)C(N)c1ccc2c(c1)CCCO2. The van der Waals surface area contributed by atoms with Crippen molar-refractivity contribution < 1.29 is 4.74 Å². The predicted molar refractivity (Wildman–Crippen MR) is 65.5 cm³/mol. The molecule has 4 N–H and O–H groups in total. The molecule has 1 atom stereocenters. The maximum atomic E-state index is 6.14. The fourth-order valence-electron chi connectivity index (χ4n) is 2.00. The average Bonchev–Trinajstić information content (AvgIpc) is 2.26. The first-order valence-corrected chi connectivity index (χ1v) is 5.78. The molecule has 0 aliphatic carbocycles. The number of hydrogen-bond donors (Lipinski definition) is 2. The van der Waals surface area contributed by atoms with Crippen LogP contribution in [0.1, 0.15) is 37.4 Å². The van der Waals surface area contributed by atoms with Crippen molar-refractivity contribution in [2.75, 3.05) is 6.61 Å². The Morgan fingerprint density at radius 2 is 2.12 bits per heavy atom. The first kappa shape index (κ1) is 11.4. The summed E-state index contributed by atoms with van der Waals surface area (Å²) in [6.07, 6.45) is 2.15. The molecule has 0 amide bonds. The highest BCUT2D eigenvalue weighted by Crippen LogP contribution is 2.29. The van der Waals surface area contributed by atoms with Gasteiger partial charge >= 0.3 is 0 Å². The Hall–Kier alpha value is -1.06. The molecular weight excluding hydrogens is 200 g/mol. The molecule has 3 heteroatoms. The van der Waals surface area contributed by atoms with E-state index in [1.807, 2.05) is 26.0 Å². The van der Waals surface area contributed by atoms with Gasteiger partial charge in [-0.2, -0.15) is 0 Å². The number of ether oxygens (including phenoxy) is 1. The van der Waals surface area contributed by atoms with Gasteiger partial charge in [-0.25, -0.2) is 0 Å². The number of benzene rings is 1. The summed E-state index contributed by atoms with van der Waals surface area (Å²) in [4.78, 5) is 0. The molecule has 3 nitrogen and oxygen atoms in total. The topological polar surface area (TPSA) is 61.3 Å². The number of fused-ring (bicyclic) bond motifs is 1. The predicted octanol–water partition coefficient (Wildman–Crippen LogP) is 1.75. The number of hydrogen-bond acceptors (Lipinski definition) is 3. The van der Waals surface area contributed by atoms with E-state index in [1.165, 1.54) is 5.56 Å². The van der Waals surface area contributed by atoms with E-state index in [1.54, 1.807) is 0 Å². The van der Waals surface area contributed by atoms with Gasteiger partial charge in [-0.1, -0.05) is 12.1 Å². The third-order valence-electron chi connectivity index (χ3n) is 3.09. The Morgan fingerprint density at radius 1 is 1.38 bits per heavy atom. The first-order valence-electron chi connectivity index (χ1n) is 5.78. The highest BCUT2D eigenvalue weighted by molar-refractivity contribution is 5.40. The van der Waals surface area contributed by atoms with Crippen LogP contribution in [-0.2, 0) is 6.42 Å². The van der Waals surface area contributed by atoms with Crippen LogP contribution < -0.4 is 16.2 Å². The standard InChI is InChI=1S/C13H20N2O/c1-13(2,15)12(14)10-5-6-11-9(8-10)4-3-7-16-11/h5-6,8,12H,3-4,7,14-15H2,1-2H3. The van der Waals surface area contributed by atoms with E-state index in [4.69, 9.17) is 16.2 Å². The fraction of sp³-hybridized carbons (Fsp3) is 0.538.